The number of aliphatic hydroxyl groups is 1. The molecule has 0 radical (unpaired) electrons. The first kappa shape index (κ1) is 16.0. The summed E-state index contributed by atoms with van der Waals surface area (Å²) in [5, 5.41) is 11.7. The second-order valence-corrected chi connectivity index (χ2v) is 5.36. The first-order valence-corrected chi connectivity index (χ1v) is 7.10. The molecule has 2 N–H and O–H groups in total. The van der Waals surface area contributed by atoms with Crippen molar-refractivity contribution in [1.29, 1.82) is 0 Å². The Morgan fingerprint density at radius 3 is 2.84 bits per heavy atom. The summed E-state index contributed by atoms with van der Waals surface area (Å²) in [7, 11) is 1.57. The van der Waals surface area contributed by atoms with E-state index in [0.717, 1.165) is 17.3 Å². The summed E-state index contributed by atoms with van der Waals surface area (Å²) >= 11 is 3.36. The van der Waals surface area contributed by atoms with E-state index in [0.29, 0.717) is 23.8 Å². The van der Waals surface area contributed by atoms with Gasteiger partial charge in [-0.25, -0.2) is 0 Å². The lowest BCUT2D eigenvalue weighted by molar-refractivity contribution is 0.0950. The number of aliphatic hydroxyl groups excluding tert-OH is 1. The standard InChI is InChI=1S/C14H20BrNO3/c1-10(6-8-17)5-7-16-14(18)12-9-11(19-2)3-4-13(12)15/h3-4,9-10,17H,5-8H2,1-2H3,(H,16,18)/t10-/m0/s1. The van der Waals surface area contributed by atoms with Crippen LogP contribution in [0.4, 0.5) is 0 Å². The molecule has 1 amide bonds. The minimum absolute atomic E-state index is 0.123. The maximum absolute atomic E-state index is 12.0. The summed E-state index contributed by atoms with van der Waals surface area (Å²) < 4.78 is 5.85. The molecule has 0 heterocycles. The van der Waals surface area contributed by atoms with Gasteiger partial charge in [0.2, 0.25) is 0 Å². The molecule has 1 atom stereocenters. The lowest BCUT2D eigenvalue weighted by atomic mass is 10.0. The molecule has 0 aliphatic carbocycles. The van der Waals surface area contributed by atoms with Gasteiger partial charge in [-0.3, -0.25) is 4.79 Å². The molecule has 106 valence electrons. The number of halogens is 1. The third-order valence-electron chi connectivity index (χ3n) is 2.96. The Bertz CT molecular complexity index is 423. The van der Waals surface area contributed by atoms with Crippen molar-refractivity contribution in [2.75, 3.05) is 20.3 Å². The van der Waals surface area contributed by atoms with Crippen molar-refractivity contribution in [2.24, 2.45) is 5.92 Å². The number of hydrogen-bond acceptors (Lipinski definition) is 3. The summed E-state index contributed by atoms with van der Waals surface area (Å²) in [6, 6.07) is 5.29. The minimum atomic E-state index is -0.123. The van der Waals surface area contributed by atoms with Gasteiger partial charge in [0, 0.05) is 17.6 Å². The highest BCUT2D eigenvalue weighted by molar-refractivity contribution is 9.10. The van der Waals surface area contributed by atoms with Gasteiger partial charge in [-0.15, -0.1) is 0 Å². The Morgan fingerprint density at radius 2 is 2.21 bits per heavy atom. The Morgan fingerprint density at radius 1 is 1.47 bits per heavy atom. The number of benzene rings is 1. The molecule has 1 aromatic carbocycles. The van der Waals surface area contributed by atoms with Gasteiger partial charge in [-0.1, -0.05) is 6.92 Å². The monoisotopic (exact) mass is 329 g/mol. The molecular formula is C14H20BrNO3. The lowest BCUT2D eigenvalue weighted by Crippen LogP contribution is -2.26. The van der Waals surface area contributed by atoms with E-state index in [-0.39, 0.29) is 12.5 Å². The van der Waals surface area contributed by atoms with Crippen LogP contribution in [0.15, 0.2) is 22.7 Å². The summed E-state index contributed by atoms with van der Waals surface area (Å²) in [5.74, 6) is 0.933. The van der Waals surface area contributed by atoms with Crippen LogP contribution in [-0.2, 0) is 0 Å². The third kappa shape index (κ3) is 5.20. The average Bonchev–Trinajstić information content (AvgIpc) is 2.39. The number of rotatable bonds is 7. The van der Waals surface area contributed by atoms with Crippen LogP contribution in [0.5, 0.6) is 5.75 Å². The van der Waals surface area contributed by atoms with Crippen LogP contribution in [0.3, 0.4) is 0 Å². The van der Waals surface area contributed by atoms with Crippen LogP contribution in [0.2, 0.25) is 0 Å². The van der Waals surface area contributed by atoms with Gasteiger partial charge in [0.25, 0.3) is 5.91 Å². The highest BCUT2D eigenvalue weighted by atomic mass is 79.9. The summed E-state index contributed by atoms with van der Waals surface area (Å²) in [5.41, 5.74) is 0.564. The van der Waals surface area contributed by atoms with Crippen LogP contribution in [0, 0.1) is 5.92 Å². The van der Waals surface area contributed by atoms with Gasteiger partial charge in [0.05, 0.1) is 12.7 Å². The van der Waals surface area contributed by atoms with Gasteiger partial charge in [-0.05, 0) is 52.9 Å². The Labute approximate surface area is 122 Å². The molecule has 5 heteroatoms. The molecule has 0 aliphatic heterocycles. The molecule has 1 aromatic rings. The lowest BCUT2D eigenvalue weighted by Gasteiger charge is -2.11. The second-order valence-electron chi connectivity index (χ2n) is 4.51. The van der Waals surface area contributed by atoms with Crippen molar-refractivity contribution >= 4 is 21.8 Å². The van der Waals surface area contributed by atoms with Crippen molar-refractivity contribution in [1.82, 2.24) is 5.32 Å². The average molecular weight is 330 g/mol. The van der Waals surface area contributed by atoms with Crippen molar-refractivity contribution in [3.8, 4) is 5.75 Å². The van der Waals surface area contributed by atoms with Gasteiger partial charge in [0.1, 0.15) is 5.75 Å². The zero-order chi connectivity index (χ0) is 14.3. The molecule has 0 unspecified atom stereocenters. The van der Waals surface area contributed by atoms with Gasteiger partial charge in [0.15, 0.2) is 0 Å². The van der Waals surface area contributed by atoms with Crippen LogP contribution in [-0.4, -0.2) is 31.3 Å². The van der Waals surface area contributed by atoms with E-state index >= 15 is 0 Å². The molecule has 0 saturated heterocycles. The fraction of sp³-hybridized carbons (Fsp3) is 0.500. The Balaban J connectivity index is 2.53. The highest BCUT2D eigenvalue weighted by Crippen LogP contribution is 2.22. The molecule has 1 rings (SSSR count). The topological polar surface area (TPSA) is 58.6 Å². The number of carbonyl (C=O) groups is 1. The first-order chi connectivity index (χ1) is 9.08. The zero-order valence-corrected chi connectivity index (χ0v) is 12.9. The second kappa shape index (κ2) is 8.17. The molecule has 0 spiro atoms. The van der Waals surface area contributed by atoms with Crippen LogP contribution < -0.4 is 10.1 Å². The predicted octanol–water partition coefficient (Wildman–Crippen LogP) is 2.60. The number of methoxy groups -OCH3 is 1. The van der Waals surface area contributed by atoms with Gasteiger partial charge >= 0.3 is 0 Å². The summed E-state index contributed by atoms with van der Waals surface area (Å²) in [6.45, 7) is 2.85. The molecule has 0 bridgehead atoms. The van der Waals surface area contributed by atoms with Crippen LogP contribution >= 0.6 is 15.9 Å². The van der Waals surface area contributed by atoms with Crippen molar-refractivity contribution < 1.29 is 14.6 Å². The molecule has 0 aromatic heterocycles. The number of carbonyl (C=O) groups excluding carboxylic acids is 1. The fourth-order valence-corrected chi connectivity index (χ4v) is 2.12. The molecule has 0 aliphatic rings. The van der Waals surface area contributed by atoms with E-state index in [9.17, 15) is 4.79 Å². The minimum Gasteiger partial charge on any atom is -0.497 e. The number of nitrogens with one attached hydrogen (secondary N) is 1. The molecule has 19 heavy (non-hydrogen) atoms. The number of amides is 1. The molecule has 4 nitrogen and oxygen atoms in total. The van der Waals surface area contributed by atoms with E-state index in [1.807, 2.05) is 0 Å². The predicted molar refractivity (Wildman–Crippen MR) is 78.5 cm³/mol. The Kier molecular flexibility index (Phi) is 6.87. The molecule has 0 saturated carbocycles. The summed E-state index contributed by atoms with van der Waals surface area (Å²) in [4.78, 5) is 12.0. The van der Waals surface area contributed by atoms with Crippen molar-refractivity contribution in [3.05, 3.63) is 28.2 Å². The largest absolute Gasteiger partial charge is 0.497 e. The molecular weight excluding hydrogens is 310 g/mol. The van der Waals surface area contributed by atoms with E-state index < -0.39 is 0 Å². The Hall–Kier alpha value is -1.07. The zero-order valence-electron chi connectivity index (χ0n) is 11.3. The molecule has 0 fully saturated rings. The van der Waals surface area contributed by atoms with E-state index in [2.05, 4.69) is 28.2 Å². The van der Waals surface area contributed by atoms with E-state index in [1.165, 1.54) is 0 Å². The quantitative estimate of drug-likeness (QED) is 0.808. The maximum atomic E-state index is 12.0. The van der Waals surface area contributed by atoms with E-state index in [4.69, 9.17) is 9.84 Å². The SMILES string of the molecule is COc1ccc(Br)c(C(=O)NCC[C@H](C)CCO)c1. The smallest absolute Gasteiger partial charge is 0.252 e. The van der Waals surface area contributed by atoms with E-state index in [1.54, 1.807) is 25.3 Å². The van der Waals surface area contributed by atoms with Gasteiger partial charge < -0.3 is 15.2 Å². The normalized spacial score (nSPS) is 12.0. The summed E-state index contributed by atoms with van der Waals surface area (Å²) in [6.07, 6.45) is 1.62. The first-order valence-electron chi connectivity index (χ1n) is 6.31. The van der Waals surface area contributed by atoms with Crippen molar-refractivity contribution in [3.63, 3.8) is 0 Å². The number of ether oxygens (including phenoxy) is 1. The van der Waals surface area contributed by atoms with Crippen molar-refractivity contribution in [2.45, 2.75) is 19.8 Å². The maximum Gasteiger partial charge on any atom is 0.252 e. The van der Waals surface area contributed by atoms with Crippen LogP contribution in [0.1, 0.15) is 30.1 Å². The van der Waals surface area contributed by atoms with Crippen LogP contribution in [0.25, 0.3) is 0 Å². The third-order valence-corrected chi connectivity index (χ3v) is 3.65. The number of hydrogen-bond donors (Lipinski definition) is 2. The van der Waals surface area contributed by atoms with Gasteiger partial charge in [-0.2, -0.15) is 0 Å². The fourth-order valence-electron chi connectivity index (χ4n) is 1.70. The highest BCUT2D eigenvalue weighted by Gasteiger charge is 2.11.